The Balaban J connectivity index is 2.25. The second kappa shape index (κ2) is 4.77. The molecule has 1 aromatic rings. The molecule has 0 aliphatic heterocycles. The highest BCUT2D eigenvalue weighted by molar-refractivity contribution is 5.86. The van der Waals surface area contributed by atoms with Crippen molar-refractivity contribution in [2.24, 2.45) is 0 Å². The predicted octanol–water partition coefficient (Wildman–Crippen LogP) is -0.0252. The second-order valence-electron chi connectivity index (χ2n) is 4.22. The lowest BCUT2D eigenvalue weighted by molar-refractivity contribution is -0.0209. The quantitative estimate of drug-likeness (QED) is 0.786. The molecule has 18 heavy (non-hydrogen) atoms. The van der Waals surface area contributed by atoms with Crippen LogP contribution in [0.5, 0.6) is 0 Å². The topological polar surface area (TPSA) is 101 Å². The van der Waals surface area contributed by atoms with Crippen molar-refractivity contribution in [3.05, 3.63) is 32.6 Å². The molecule has 1 aromatic heterocycles. The maximum atomic E-state index is 11.6. The van der Waals surface area contributed by atoms with E-state index in [1.54, 1.807) is 0 Å². The first-order valence-corrected chi connectivity index (χ1v) is 5.73. The summed E-state index contributed by atoms with van der Waals surface area (Å²) >= 11 is 0. The molecule has 0 atom stereocenters. The number of aromatic amines is 1. The lowest BCUT2D eigenvalue weighted by atomic mass is 9.89. The number of aromatic carboxylic acids is 1. The molecule has 2 N–H and O–H groups in total. The van der Waals surface area contributed by atoms with E-state index in [2.05, 4.69) is 0 Å². The van der Waals surface area contributed by atoms with E-state index in [9.17, 15) is 14.4 Å². The van der Waals surface area contributed by atoms with Crippen molar-refractivity contribution in [2.45, 2.75) is 31.9 Å². The molecule has 0 amide bonds. The fourth-order valence-electron chi connectivity index (χ4n) is 2.05. The molecular formula is C11H14N2O5. The summed E-state index contributed by atoms with van der Waals surface area (Å²) in [5.41, 5.74) is -1.87. The van der Waals surface area contributed by atoms with Crippen molar-refractivity contribution in [1.29, 1.82) is 0 Å². The van der Waals surface area contributed by atoms with Crippen LogP contribution >= 0.6 is 0 Å². The van der Waals surface area contributed by atoms with Gasteiger partial charge in [-0.3, -0.25) is 14.3 Å². The molecule has 1 saturated carbocycles. The number of aromatic nitrogens is 2. The van der Waals surface area contributed by atoms with Crippen LogP contribution in [-0.2, 0) is 4.74 Å². The lowest BCUT2D eigenvalue weighted by Gasteiger charge is -2.35. The summed E-state index contributed by atoms with van der Waals surface area (Å²) in [5.74, 6) is -1.34. The van der Waals surface area contributed by atoms with E-state index < -0.39 is 22.8 Å². The van der Waals surface area contributed by atoms with E-state index in [0.29, 0.717) is 19.4 Å². The van der Waals surface area contributed by atoms with Gasteiger partial charge in [0, 0.05) is 18.8 Å². The number of carbonyl (C=O) groups is 1. The smallest absolute Gasteiger partial charge is 0.342 e. The summed E-state index contributed by atoms with van der Waals surface area (Å²) in [6.07, 6.45) is 2.51. The van der Waals surface area contributed by atoms with Crippen molar-refractivity contribution < 1.29 is 14.6 Å². The summed E-state index contributed by atoms with van der Waals surface area (Å²) in [5, 5.41) is 8.83. The summed E-state index contributed by atoms with van der Waals surface area (Å²) in [6, 6.07) is -0.107. The Bertz CT molecular complexity index is 568. The summed E-state index contributed by atoms with van der Waals surface area (Å²) in [6.45, 7) is 2.50. The standard InChI is InChI=1S/C11H14N2O5/c1-2-18-7-3-6(4-7)13-5-8(10(15)16)9(14)12-11(13)17/h5-7H,2-4H2,1H3,(H,15,16)(H,12,14,17). The first-order chi connectivity index (χ1) is 8.52. The Hall–Kier alpha value is -1.89. The third-order valence-electron chi connectivity index (χ3n) is 3.06. The zero-order valence-electron chi connectivity index (χ0n) is 9.88. The average molecular weight is 254 g/mol. The van der Waals surface area contributed by atoms with Gasteiger partial charge in [0.1, 0.15) is 5.56 Å². The van der Waals surface area contributed by atoms with E-state index >= 15 is 0 Å². The molecule has 0 radical (unpaired) electrons. The Kier molecular flexibility index (Phi) is 3.33. The van der Waals surface area contributed by atoms with E-state index in [4.69, 9.17) is 9.84 Å². The third-order valence-corrected chi connectivity index (χ3v) is 3.06. The molecule has 0 unspecified atom stereocenters. The highest BCUT2D eigenvalue weighted by atomic mass is 16.5. The first-order valence-electron chi connectivity index (χ1n) is 5.73. The van der Waals surface area contributed by atoms with E-state index in [0.717, 1.165) is 6.20 Å². The zero-order chi connectivity index (χ0) is 13.3. The van der Waals surface area contributed by atoms with Gasteiger partial charge in [-0.25, -0.2) is 9.59 Å². The molecule has 1 aliphatic carbocycles. The van der Waals surface area contributed by atoms with Crippen LogP contribution in [0.25, 0.3) is 0 Å². The molecular weight excluding hydrogens is 240 g/mol. The molecule has 1 aliphatic rings. The summed E-state index contributed by atoms with van der Waals surface area (Å²) in [7, 11) is 0. The molecule has 7 heteroatoms. The normalized spacial score (nSPS) is 22.5. The SMILES string of the molecule is CCOC1CC(n2cc(C(=O)O)c(=O)[nH]c2=O)C1. The van der Waals surface area contributed by atoms with E-state index in [1.807, 2.05) is 11.9 Å². The highest BCUT2D eigenvalue weighted by Crippen LogP contribution is 2.33. The van der Waals surface area contributed by atoms with Crippen LogP contribution in [0.3, 0.4) is 0 Å². The molecule has 0 bridgehead atoms. The van der Waals surface area contributed by atoms with Gasteiger partial charge < -0.3 is 9.84 Å². The maximum Gasteiger partial charge on any atom is 0.342 e. The van der Waals surface area contributed by atoms with Gasteiger partial charge in [-0.05, 0) is 19.8 Å². The van der Waals surface area contributed by atoms with Gasteiger partial charge in [-0.2, -0.15) is 0 Å². The van der Waals surface area contributed by atoms with Crippen molar-refractivity contribution in [3.8, 4) is 0 Å². The van der Waals surface area contributed by atoms with Crippen LogP contribution in [0, 0.1) is 0 Å². The Morgan fingerprint density at radius 1 is 1.56 bits per heavy atom. The van der Waals surface area contributed by atoms with Crippen molar-refractivity contribution in [2.75, 3.05) is 6.61 Å². The molecule has 1 fully saturated rings. The number of carboxylic acid groups (broad SMARTS) is 1. The van der Waals surface area contributed by atoms with Crippen molar-refractivity contribution in [1.82, 2.24) is 9.55 Å². The molecule has 98 valence electrons. The number of H-pyrrole nitrogens is 1. The number of hydrogen-bond acceptors (Lipinski definition) is 4. The van der Waals surface area contributed by atoms with Gasteiger partial charge in [0.2, 0.25) is 0 Å². The van der Waals surface area contributed by atoms with Gasteiger partial charge in [0.25, 0.3) is 5.56 Å². The zero-order valence-corrected chi connectivity index (χ0v) is 9.88. The largest absolute Gasteiger partial charge is 0.477 e. The van der Waals surface area contributed by atoms with Crippen molar-refractivity contribution in [3.63, 3.8) is 0 Å². The Morgan fingerprint density at radius 2 is 2.22 bits per heavy atom. The molecule has 0 saturated heterocycles. The highest BCUT2D eigenvalue weighted by Gasteiger charge is 2.32. The fourth-order valence-corrected chi connectivity index (χ4v) is 2.05. The van der Waals surface area contributed by atoms with Crippen LogP contribution in [0.15, 0.2) is 15.8 Å². The number of nitrogens with zero attached hydrogens (tertiary/aromatic N) is 1. The second-order valence-corrected chi connectivity index (χ2v) is 4.22. The van der Waals surface area contributed by atoms with Crippen molar-refractivity contribution >= 4 is 5.97 Å². The minimum atomic E-state index is -1.34. The van der Waals surface area contributed by atoms with Crippen LogP contribution in [0.2, 0.25) is 0 Å². The monoisotopic (exact) mass is 254 g/mol. The number of nitrogens with one attached hydrogen (secondary N) is 1. The van der Waals surface area contributed by atoms with Crippen LogP contribution in [0.1, 0.15) is 36.2 Å². The molecule has 7 nitrogen and oxygen atoms in total. The van der Waals surface area contributed by atoms with E-state index in [-0.39, 0.29) is 12.1 Å². The molecule has 2 rings (SSSR count). The summed E-state index contributed by atoms with van der Waals surface area (Å²) in [4.78, 5) is 35.7. The molecule has 0 aromatic carbocycles. The minimum Gasteiger partial charge on any atom is -0.477 e. The van der Waals surface area contributed by atoms with Gasteiger partial charge in [0.05, 0.1) is 6.10 Å². The lowest BCUT2D eigenvalue weighted by Crippen LogP contribution is -2.42. The predicted molar refractivity (Wildman–Crippen MR) is 62.0 cm³/mol. The molecule has 1 heterocycles. The maximum absolute atomic E-state index is 11.6. The van der Waals surface area contributed by atoms with Gasteiger partial charge in [0.15, 0.2) is 0 Å². The van der Waals surface area contributed by atoms with Crippen LogP contribution in [0.4, 0.5) is 0 Å². The number of rotatable bonds is 4. The van der Waals surface area contributed by atoms with Crippen LogP contribution in [-0.4, -0.2) is 33.3 Å². The van der Waals surface area contributed by atoms with Crippen LogP contribution < -0.4 is 11.2 Å². The average Bonchev–Trinajstić information content (AvgIpc) is 2.23. The molecule has 0 spiro atoms. The fraction of sp³-hybridized carbons (Fsp3) is 0.545. The van der Waals surface area contributed by atoms with E-state index in [1.165, 1.54) is 4.57 Å². The first kappa shape index (κ1) is 12.6. The summed E-state index contributed by atoms with van der Waals surface area (Å²) < 4.78 is 6.63. The third kappa shape index (κ3) is 2.21. The van der Waals surface area contributed by atoms with Gasteiger partial charge in [-0.15, -0.1) is 0 Å². The number of carboxylic acids is 1. The minimum absolute atomic E-state index is 0.104. The number of ether oxygens (including phenoxy) is 1. The van der Waals surface area contributed by atoms with Gasteiger partial charge in [-0.1, -0.05) is 0 Å². The Labute approximate surface area is 102 Å². The van der Waals surface area contributed by atoms with Gasteiger partial charge >= 0.3 is 11.7 Å². The Morgan fingerprint density at radius 3 is 2.78 bits per heavy atom. The number of hydrogen-bond donors (Lipinski definition) is 2.